The zero-order chi connectivity index (χ0) is 20.5. The van der Waals surface area contributed by atoms with Crippen LogP contribution in [0.15, 0.2) is 36.4 Å². The van der Waals surface area contributed by atoms with Gasteiger partial charge >= 0.3 is 0 Å². The van der Waals surface area contributed by atoms with Crippen molar-refractivity contribution in [3.8, 4) is 0 Å². The highest BCUT2D eigenvalue weighted by Gasteiger charge is 2.47. The van der Waals surface area contributed by atoms with Crippen LogP contribution in [0.3, 0.4) is 0 Å². The minimum Gasteiger partial charge on any atom is -0.365 e. The van der Waals surface area contributed by atoms with Crippen molar-refractivity contribution in [3.05, 3.63) is 42.0 Å². The first-order valence-electron chi connectivity index (χ1n) is 10.6. The minimum atomic E-state index is -0.222. The maximum Gasteiger partial charge on any atom is 0.233 e. The van der Waals surface area contributed by atoms with Crippen molar-refractivity contribution < 1.29 is 14.4 Å². The maximum atomic E-state index is 12.8. The molecule has 2 heterocycles. The molecule has 1 aromatic carbocycles. The lowest BCUT2D eigenvalue weighted by Gasteiger charge is -2.41. The lowest BCUT2D eigenvalue weighted by molar-refractivity contribution is -0.141. The van der Waals surface area contributed by atoms with E-state index in [0.717, 1.165) is 6.54 Å². The molecule has 2 saturated heterocycles. The first-order chi connectivity index (χ1) is 14.0. The molecule has 1 aromatic rings. The molecule has 2 fully saturated rings. The smallest absolute Gasteiger partial charge is 0.233 e. The molecule has 6 heteroatoms. The Bertz CT molecular complexity index is 806. The number of allylic oxidation sites excluding steroid dienone is 2. The largest absolute Gasteiger partial charge is 0.365 e. The number of hydrogen-bond donors (Lipinski definition) is 0. The van der Waals surface area contributed by atoms with Crippen LogP contribution >= 0.6 is 0 Å². The SMILES string of the molecule is Cc1ccc(N2CCN(C(=O)CCN3C(=O)[C@H]4CC=CC[C@H]4C3=O)C[C@H]2C)cc1. The number of carbonyl (C=O) groups excluding carboxylic acids is 3. The number of aryl methyl sites for hydroxylation is 1. The van der Waals surface area contributed by atoms with Gasteiger partial charge in [-0.1, -0.05) is 29.8 Å². The van der Waals surface area contributed by atoms with E-state index < -0.39 is 0 Å². The van der Waals surface area contributed by atoms with E-state index in [4.69, 9.17) is 0 Å². The Balaban J connectivity index is 1.31. The number of fused-ring (bicyclic) bond motifs is 1. The number of hydrogen-bond acceptors (Lipinski definition) is 4. The molecule has 0 saturated carbocycles. The number of likely N-dealkylation sites (tertiary alicyclic amines) is 1. The second kappa shape index (κ2) is 8.01. The fourth-order valence-corrected chi connectivity index (χ4v) is 4.76. The van der Waals surface area contributed by atoms with Gasteiger partial charge in [0.25, 0.3) is 0 Å². The highest BCUT2D eigenvalue weighted by molar-refractivity contribution is 6.05. The van der Waals surface area contributed by atoms with Crippen molar-refractivity contribution in [2.45, 2.75) is 39.2 Å². The highest BCUT2D eigenvalue weighted by Crippen LogP contribution is 2.35. The Morgan fingerprint density at radius 3 is 2.21 bits per heavy atom. The van der Waals surface area contributed by atoms with Gasteiger partial charge in [0, 0.05) is 44.3 Å². The van der Waals surface area contributed by atoms with Gasteiger partial charge in [0.1, 0.15) is 0 Å². The number of imide groups is 1. The summed E-state index contributed by atoms with van der Waals surface area (Å²) in [5.74, 6) is -0.625. The van der Waals surface area contributed by atoms with Gasteiger partial charge in [0.2, 0.25) is 17.7 Å². The number of benzene rings is 1. The van der Waals surface area contributed by atoms with Gasteiger partial charge in [0.15, 0.2) is 0 Å². The zero-order valence-electron chi connectivity index (χ0n) is 17.2. The number of piperazine rings is 1. The molecule has 6 nitrogen and oxygen atoms in total. The van der Waals surface area contributed by atoms with Crippen LogP contribution in [0.5, 0.6) is 0 Å². The first-order valence-corrected chi connectivity index (χ1v) is 10.6. The fraction of sp³-hybridized carbons (Fsp3) is 0.522. The van der Waals surface area contributed by atoms with E-state index in [1.54, 1.807) is 0 Å². The Labute approximate surface area is 172 Å². The lowest BCUT2D eigenvalue weighted by atomic mass is 9.85. The van der Waals surface area contributed by atoms with Gasteiger partial charge in [-0.25, -0.2) is 0 Å². The molecule has 2 aliphatic heterocycles. The lowest BCUT2D eigenvalue weighted by Crippen LogP contribution is -2.54. The van der Waals surface area contributed by atoms with Crippen molar-refractivity contribution >= 4 is 23.4 Å². The molecule has 0 bridgehead atoms. The van der Waals surface area contributed by atoms with E-state index in [9.17, 15) is 14.4 Å². The summed E-state index contributed by atoms with van der Waals surface area (Å²) in [7, 11) is 0. The van der Waals surface area contributed by atoms with Crippen LogP contribution in [0.2, 0.25) is 0 Å². The zero-order valence-corrected chi connectivity index (χ0v) is 17.2. The number of anilines is 1. The normalized spacial score (nSPS) is 26.8. The van der Waals surface area contributed by atoms with Crippen molar-refractivity contribution in [1.29, 1.82) is 0 Å². The second-order valence-electron chi connectivity index (χ2n) is 8.45. The summed E-state index contributed by atoms with van der Waals surface area (Å²) in [6.07, 6.45) is 5.45. The maximum absolute atomic E-state index is 12.8. The third-order valence-electron chi connectivity index (χ3n) is 6.49. The molecule has 29 heavy (non-hydrogen) atoms. The second-order valence-corrected chi connectivity index (χ2v) is 8.45. The predicted octanol–water partition coefficient (Wildman–Crippen LogP) is 2.37. The van der Waals surface area contributed by atoms with E-state index >= 15 is 0 Å². The van der Waals surface area contributed by atoms with Gasteiger partial charge in [-0.05, 0) is 38.8 Å². The fourth-order valence-electron chi connectivity index (χ4n) is 4.76. The molecule has 0 spiro atoms. The van der Waals surface area contributed by atoms with E-state index in [-0.39, 0.29) is 48.6 Å². The van der Waals surface area contributed by atoms with E-state index in [1.807, 2.05) is 17.1 Å². The molecular weight excluding hydrogens is 366 g/mol. The van der Waals surface area contributed by atoms with Crippen LogP contribution in [0.4, 0.5) is 5.69 Å². The first kappa shape index (κ1) is 19.7. The standard InChI is InChI=1S/C23H29N3O3/c1-16-7-9-18(10-8-16)25-14-13-24(15-17(25)2)21(27)11-12-26-22(28)19-5-3-4-6-20(19)23(26)29/h3-4,7-10,17,19-20H,5-6,11-15H2,1-2H3/t17-,19-,20+/m1/s1. The molecular formula is C23H29N3O3. The summed E-state index contributed by atoms with van der Waals surface area (Å²) in [6, 6.07) is 8.69. The Hall–Kier alpha value is -2.63. The van der Waals surface area contributed by atoms with E-state index in [0.29, 0.717) is 25.9 Å². The average Bonchev–Trinajstić information content (AvgIpc) is 2.97. The number of nitrogens with zero attached hydrogens (tertiary/aromatic N) is 3. The Morgan fingerprint density at radius 2 is 1.62 bits per heavy atom. The molecule has 1 aliphatic carbocycles. The molecule has 0 unspecified atom stereocenters. The minimum absolute atomic E-state index is 0.0222. The summed E-state index contributed by atoms with van der Waals surface area (Å²) in [6.45, 7) is 6.51. The van der Waals surface area contributed by atoms with Gasteiger partial charge in [0.05, 0.1) is 11.8 Å². The van der Waals surface area contributed by atoms with Crippen LogP contribution in [0.25, 0.3) is 0 Å². The molecule has 3 amide bonds. The average molecular weight is 396 g/mol. The van der Waals surface area contributed by atoms with Gasteiger partial charge < -0.3 is 9.80 Å². The van der Waals surface area contributed by atoms with Crippen LogP contribution in [0, 0.1) is 18.8 Å². The molecule has 3 atom stereocenters. The quantitative estimate of drug-likeness (QED) is 0.580. The third-order valence-corrected chi connectivity index (χ3v) is 6.49. The Kier molecular flexibility index (Phi) is 5.43. The summed E-state index contributed by atoms with van der Waals surface area (Å²) in [5.41, 5.74) is 2.41. The number of carbonyl (C=O) groups is 3. The van der Waals surface area contributed by atoms with Gasteiger partial charge in [-0.2, -0.15) is 0 Å². The van der Waals surface area contributed by atoms with Crippen molar-refractivity contribution in [2.24, 2.45) is 11.8 Å². The van der Waals surface area contributed by atoms with Gasteiger partial charge in [-0.15, -0.1) is 0 Å². The third kappa shape index (κ3) is 3.80. The Morgan fingerprint density at radius 1 is 1.00 bits per heavy atom. The molecule has 4 rings (SSSR count). The topological polar surface area (TPSA) is 60.9 Å². The summed E-state index contributed by atoms with van der Waals surface area (Å²) in [4.78, 5) is 43.4. The van der Waals surface area contributed by atoms with Crippen molar-refractivity contribution in [2.75, 3.05) is 31.1 Å². The molecule has 3 aliphatic rings. The number of rotatable bonds is 4. The molecule has 0 N–H and O–H groups in total. The molecule has 0 radical (unpaired) electrons. The highest BCUT2D eigenvalue weighted by atomic mass is 16.2. The van der Waals surface area contributed by atoms with Crippen LogP contribution in [-0.2, 0) is 14.4 Å². The molecule has 0 aromatic heterocycles. The van der Waals surface area contributed by atoms with Gasteiger partial charge in [-0.3, -0.25) is 19.3 Å². The monoisotopic (exact) mass is 395 g/mol. The summed E-state index contributed by atoms with van der Waals surface area (Å²) >= 11 is 0. The predicted molar refractivity (Wildman–Crippen MR) is 111 cm³/mol. The van der Waals surface area contributed by atoms with Crippen LogP contribution < -0.4 is 4.90 Å². The van der Waals surface area contributed by atoms with E-state index in [2.05, 4.69) is 43.0 Å². The summed E-state index contributed by atoms with van der Waals surface area (Å²) in [5, 5.41) is 0. The van der Waals surface area contributed by atoms with Crippen LogP contribution in [0.1, 0.15) is 31.7 Å². The van der Waals surface area contributed by atoms with E-state index in [1.165, 1.54) is 16.2 Å². The summed E-state index contributed by atoms with van der Waals surface area (Å²) < 4.78 is 0. The van der Waals surface area contributed by atoms with Crippen LogP contribution in [-0.4, -0.2) is 59.7 Å². The number of amides is 3. The van der Waals surface area contributed by atoms with Crippen molar-refractivity contribution in [1.82, 2.24) is 9.80 Å². The molecule has 154 valence electrons. The van der Waals surface area contributed by atoms with Crippen molar-refractivity contribution in [3.63, 3.8) is 0 Å².